The Hall–Kier alpha value is -1.60. The first kappa shape index (κ1) is 34.7. The number of ether oxygens (including phenoxy) is 3. The fourth-order valence-electron chi connectivity index (χ4n) is 8.84. The zero-order valence-electron chi connectivity index (χ0n) is 29.0. The van der Waals surface area contributed by atoms with Gasteiger partial charge in [-0.3, -0.25) is 4.79 Å². The van der Waals surface area contributed by atoms with Crippen LogP contribution in [-0.4, -0.2) is 59.2 Å². The van der Waals surface area contributed by atoms with Crippen molar-refractivity contribution in [1.29, 1.82) is 0 Å². The summed E-state index contributed by atoms with van der Waals surface area (Å²) in [6.45, 7) is 7.11. The normalized spacial score (nSPS) is 34.0. The molecule has 0 aliphatic carbocycles. The maximum atomic E-state index is 13.9. The van der Waals surface area contributed by atoms with E-state index in [0.717, 1.165) is 76.6 Å². The van der Waals surface area contributed by atoms with Gasteiger partial charge in [-0.1, -0.05) is 109 Å². The van der Waals surface area contributed by atoms with E-state index in [4.69, 9.17) is 19.2 Å². The fraction of sp³-hybridized carbons (Fsp3) is 0.895. The van der Waals surface area contributed by atoms with Crippen LogP contribution in [0.3, 0.4) is 0 Å². The quantitative estimate of drug-likeness (QED) is 0.0986. The first-order chi connectivity index (χ1) is 22.0. The van der Waals surface area contributed by atoms with Gasteiger partial charge in [-0.25, -0.2) is 4.99 Å². The second kappa shape index (κ2) is 17.0. The lowest BCUT2D eigenvalue weighted by atomic mass is 9.80. The lowest BCUT2D eigenvalue weighted by Gasteiger charge is -2.55. The van der Waals surface area contributed by atoms with Crippen LogP contribution in [0.1, 0.15) is 168 Å². The highest BCUT2D eigenvalue weighted by Crippen LogP contribution is 2.50. The lowest BCUT2D eigenvalue weighted by Crippen LogP contribution is -2.71. The Morgan fingerprint density at radius 2 is 1.62 bits per heavy atom. The Balaban J connectivity index is 1.11. The van der Waals surface area contributed by atoms with Crippen LogP contribution >= 0.6 is 0 Å². The third-order valence-electron chi connectivity index (χ3n) is 11.3. The third kappa shape index (κ3) is 8.86. The van der Waals surface area contributed by atoms with Crippen LogP contribution in [0.15, 0.2) is 17.1 Å². The molecule has 3 fully saturated rings. The molecule has 256 valence electrons. The summed E-state index contributed by atoms with van der Waals surface area (Å²) in [6, 6.07) is 0.387. The van der Waals surface area contributed by atoms with Gasteiger partial charge in [-0.05, 0) is 64.7 Å². The highest BCUT2D eigenvalue weighted by Gasteiger charge is 2.62. The first-order valence-electron chi connectivity index (χ1n) is 19.3. The van der Waals surface area contributed by atoms with Crippen LogP contribution in [0.2, 0.25) is 0 Å². The van der Waals surface area contributed by atoms with E-state index in [1.807, 2.05) is 0 Å². The van der Waals surface area contributed by atoms with Gasteiger partial charge in [0.2, 0.25) is 0 Å². The van der Waals surface area contributed by atoms with Crippen molar-refractivity contribution < 1.29 is 19.0 Å². The molecule has 7 heteroatoms. The third-order valence-corrected chi connectivity index (χ3v) is 11.3. The van der Waals surface area contributed by atoms with Crippen LogP contribution in [0.5, 0.6) is 0 Å². The smallest absolute Gasteiger partial charge is 0.316 e. The van der Waals surface area contributed by atoms with E-state index in [1.54, 1.807) is 0 Å². The SMILES string of the molecule is CCCCCCCCCCCCCCCCOC(=O)C1C2CCC3CC4(CCC=CC(CC)O4)NC(=NC14CCCC(C)O4)N32. The Morgan fingerprint density at radius 3 is 2.29 bits per heavy atom. The number of nitrogens with one attached hydrogen (secondary N) is 1. The molecular weight excluding hydrogens is 562 g/mol. The molecule has 0 aromatic carbocycles. The Morgan fingerprint density at radius 1 is 0.933 bits per heavy atom. The number of unbranched alkanes of at least 4 members (excludes halogenated alkanes) is 13. The number of carbonyl (C=O) groups is 1. The summed E-state index contributed by atoms with van der Waals surface area (Å²) in [4.78, 5) is 21.7. The number of allylic oxidation sites excluding steroid dienone is 1. The maximum absolute atomic E-state index is 13.9. The highest BCUT2D eigenvalue weighted by atomic mass is 16.6. The van der Waals surface area contributed by atoms with Crippen molar-refractivity contribution in [2.24, 2.45) is 10.9 Å². The minimum atomic E-state index is -0.853. The number of hydrogen-bond acceptors (Lipinski definition) is 7. The number of esters is 1. The minimum absolute atomic E-state index is 0.0624. The summed E-state index contributed by atoms with van der Waals surface area (Å²) < 4.78 is 19.5. The van der Waals surface area contributed by atoms with Crippen LogP contribution in [0.4, 0.5) is 0 Å². The van der Waals surface area contributed by atoms with E-state index in [0.29, 0.717) is 12.6 Å². The molecule has 5 aliphatic rings. The average Bonchev–Trinajstić information content (AvgIpc) is 3.33. The van der Waals surface area contributed by atoms with E-state index in [2.05, 4.69) is 43.1 Å². The zero-order chi connectivity index (χ0) is 31.5. The molecule has 3 saturated heterocycles. The number of aliphatic imine (C=N–C) groups is 1. The van der Waals surface area contributed by atoms with Crippen LogP contribution in [-0.2, 0) is 19.0 Å². The molecule has 7 unspecified atom stereocenters. The summed E-state index contributed by atoms with van der Waals surface area (Å²) >= 11 is 0. The van der Waals surface area contributed by atoms with E-state index in [-0.39, 0.29) is 30.1 Å². The summed E-state index contributed by atoms with van der Waals surface area (Å²) in [5, 5.41) is 3.80. The molecule has 0 radical (unpaired) electrons. The van der Waals surface area contributed by atoms with Gasteiger partial charge in [0.1, 0.15) is 11.6 Å². The van der Waals surface area contributed by atoms with E-state index >= 15 is 0 Å². The summed E-state index contributed by atoms with van der Waals surface area (Å²) in [5.41, 5.74) is -1.27. The number of guanidine groups is 1. The van der Waals surface area contributed by atoms with Crippen molar-refractivity contribution >= 4 is 11.9 Å². The molecule has 0 aromatic rings. The van der Waals surface area contributed by atoms with E-state index < -0.39 is 11.4 Å². The van der Waals surface area contributed by atoms with Crippen molar-refractivity contribution in [2.45, 2.75) is 204 Å². The molecule has 5 aliphatic heterocycles. The van der Waals surface area contributed by atoms with Crippen molar-refractivity contribution in [3.8, 4) is 0 Å². The summed E-state index contributed by atoms with van der Waals surface area (Å²) in [7, 11) is 0. The zero-order valence-corrected chi connectivity index (χ0v) is 29.0. The van der Waals surface area contributed by atoms with Gasteiger partial charge in [0, 0.05) is 12.5 Å². The molecule has 5 rings (SSSR count). The van der Waals surface area contributed by atoms with E-state index in [9.17, 15) is 4.79 Å². The van der Waals surface area contributed by atoms with Crippen molar-refractivity contribution in [3.63, 3.8) is 0 Å². The molecule has 0 bridgehead atoms. The molecule has 0 aromatic heterocycles. The minimum Gasteiger partial charge on any atom is -0.465 e. The summed E-state index contributed by atoms with van der Waals surface area (Å²) in [5.74, 6) is 0.403. The molecule has 45 heavy (non-hydrogen) atoms. The average molecular weight is 628 g/mol. The van der Waals surface area contributed by atoms with Gasteiger partial charge >= 0.3 is 5.97 Å². The number of rotatable bonds is 17. The number of nitrogens with zero attached hydrogens (tertiary/aromatic N) is 2. The van der Waals surface area contributed by atoms with Crippen molar-refractivity contribution in [2.75, 3.05) is 6.61 Å². The van der Waals surface area contributed by atoms with Crippen LogP contribution in [0, 0.1) is 5.92 Å². The topological polar surface area (TPSA) is 72.4 Å². The number of carbonyl (C=O) groups excluding carboxylic acids is 1. The standard InChI is InChI=1S/C38H65N3O4/c1-4-6-7-8-9-10-11-12-13-14-15-16-17-20-28-43-35(42)34-33-25-24-31-29-37(26-19-18-23-32(5-2)45-37)39-36(41(31)33)40-38(34)27-21-22-30(3)44-38/h18,23,30-34H,4-17,19-22,24-29H2,1-3H3,(H,39,40). The Kier molecular flexibility index (Phi) is 13.1. The molecule has 2 spiro atoms. The van der Waals surface area contributed by atoms with Crippen molar-refractivity contribution in [1.82, 2.24) is 10.2 Å². The van der Waals surface area contributed by atoms with Gasteiger partial charge in [-0.15, -0.1) is 0 Å². The van der Waals surface area contributed by atoms with Gasteiger partial charge in [0.25, 0.3) is 0 Å². The van der Waals surface area contributed by atoms with Gasteiger partial charge < -0.3 is 24.4 Å². The molecule has 1 N–H and O–H groups in total. The van der Waals surface area contributed by atoms with Gasteiger partial charge in [0.15, 0.2) is 11.7 Å². The number of hydrogen-bond donors (Lipinski definition) is 1. The Bertz CT molecular complexity index is 986. The van der Waals surface area contributed by atoms with Crippen molar-refractivity contribution in [3.05, 3.63) is 12.2 Å². The monoisotopic (exact) mass is 627 g/mol. The second-order valence-corrected chi connectivity index (χ2v) is 14.9. The predicted octanol–water partition coefficient (Wildman–Crippen LogP) is 8.95. The predicted molar refractivity (Wildman–Crippen MR) is 182 cm³/mol. The fourth-order valence-corrected chi connectivity index (χ4v) is 8.84. The Labute approximate surface area is 274 Å². The van der Waals surface area contributed by atoms with E-state index in [1.165, 1.54) is 77.0 Å². The highest BCUT2D eigenvalue weighted by molar-refractivity contribution is 5.87. The van der Waals surface area contributed by atoms with Gasteiger partial charge in [0.05, 0.1) is 24.9 Å². The van der Waals surface area contributed by atoms with Crippen LogP contribution in [0.25, 0.3) is 0 Å². The largest absolute Gasteiger partial charge is 0.465 e. The molecule has 0 saturated carbocycles. The lowest BCUT2D eigenvalue weighted by molar-refractivity contribution is -0.194. The van der Waals surface area contributed by atoms with Crippen LogP contribution < -0.4 is 5.32 Å². The second-order valence-electron chi connectivity index (χ2n) is 14.9. The molecule has 0 amide bonds. The molecule has 5 heterocycles. The first-order valence-corrected chi connectivity index (χ1v) is 19.3. The maximum Gasteiger partial charge on any atom is 0.316 e. The molecule has 7 atom stereocenters. The molecular formula is C38H65N3O4. The van der Waals surface area contributed by atoms with Gasteiger partial charge in [-0.2, -0.15) is 0 Å². The summed E-state index contributed by atoms with van der Waals surface area (Å²) in [6.07, 6.45) is 31.8. The molecule has 7 nitrogen and oxygen atoms in total.